The molecule has 1 heterocycles. The van der Waals surface area contributed by atoms with E-state index in [9.17, 15) is 0 Å². The van der Waals surface area contributed by atoms with Gasteiger partial charge in [-0.3, -0.25) is 8.37 Å². The van der Waals surface area contributed by atoms with Crippen molar-refractivity contribution < 1.29 is 8.37 Å². The lowest BCUT2D eigenvalue weighted by Crippen LogP contribution is -1.99. The van der Waals surface area contributed by atoms with Crippen LogP contribution in [0.25, 0.3) is 0 Å². The average Bonchev–Trinajstić information content (AvgIpc) is 1.94. The fraction of sp³-hybridized carbons (Fsp3) is 1.00. The minimum atomic E-state index is 0.363. The first-order valence-electron chi connectivity index (χ1n) is 2.84. The molecular weight excluding hydrogens is 124 g/mol. The first-order valence-corrected chi connectivity index (χ1v) is 3.51. The number of hydrogen-bond donors (Lipinski definition) is 0. The SMILES string of the molecule is C[C@@H]1CCCOSO1. The second-order valence-corrected chi connectivity index (χ2v) is 2.50. The molecule has 3 heteroatoms. The van der Waals surface area contributed by atoms with Gasteiger partial charge in [-0.15, -0.1) is 0 Å². The van der Waals surface area contributed by atoms with Crippen LogP contribution in [0, 0.1) is 0 Å². The Morgan fingerprint density at radius 3 is 3.38 bits per heavy atom. The average molecular weight is 134 g/mol. The van der Waals surface area contributed by atoms with Crippen molar-refractivity contribution in [3.05, 3.63) is 0 Å². The molecule has 0 aliphatic carbocycles. The first kappa shape index (κ1) is 6.39. The zero-order chi connectivity index (χ0) is 5.82. The lowest BCUT2D eigenvalue weighted by molar-refractivity contribution is 0.249. The smallest absolute Gasteiger partial charge is 0.158 e. The third-order valence-electron chi connectivity index (χ3n) is 1.09. The maximum absolute atomic E-state index is 5.10. The zero-order valence-electron chi connectivity index (χ0n) is 4.92. The van der Waals surface area contributed by atoms with Gasteiger partial charge in [0.25, 0.3) is 0 Å². The van der Waals surface area contributed by atoms with Crippen molar-refractivity contribution in [1.82, 2.24) is 0 Å². The first-order chi connectivity index (χ1) is 3.89. The van der Waals surface area contributed by atoms with E-state index in [0.717, 1.165) is 31.8 Å². The molecule has 0 aromatic carbocycles. The summed E-state index contributed by atoms with van der Waals surface area (Å²) in [7, 11) is 0. The Balaban J connectivity index is 2.17. The lowest BCUT2D eigenvalue weighted by Gasteiger charge is -2.01. The molecular formula is C5H10O2S. The molecule has 0 spiro atoms. The molecule has 0 bridgehead atoms. The van der Waals surface area contributed by atoms with Crippen LogP contribution in [0.5, 0.6) is 0 Å². The van der Waals surface area contributed by atoms with Crippen LogP contribution in [0.1, 0.15) is 19.8 Å². The number of hydrogen-bond acceptors (Lipinski definition) is 3. The summed E-state index contributed by atoms with van der Waals surface area (Å²) in [6.07, 6.45) is 2.60. The van der Waals surface area contributed by atoms with E-state index in [2.05, 4.69) is 6.92 Å². The molecule has 8 heavy (non-hydrogen) atoms. The molecule has 48 valence electrons. The van der Waals surface area contributed by atoms with Gasteiger partial charge >= 0.3 is 0 Å². The molecule has 0 radical (unpaired) electrons. The monoisotopic (exact) mass is 134 g/mol. The van der Waals surface area contributed by atoms with E-state index in [0.29, 0.717) is 6.10 Å². The number of rotatable bonds is 0. The maximum atomic E-state index is 5.10. The van der Waals surface area contributed by atoms with E-state index in [1.54, 1.807) is 0 Å². The molecule has 1 atom stereocenters. The Bertz CT molecular complexity index is 59.4. The molecule has 0 aromatic heterocycles. The second-order valence-electron chi connectivity index (χ2n) is 1.94. The maximum Gasteiger partial charge on any atom is 0.158 e. The van der Waals surface area contributed by atoms with Gasteiger partial charge < -0.3 is 0 Å². The summed E-state index contributed by atoms with van der Waals surface area (Å²) in [5.41, 5.74) is 0. The third-order valence-corrected chi connectivity index (χ3v) is 1.76. The van der Waals surface area contributed by atoms with Crippen molar-refractivity contribution in [2.24, 2.45) is 0 Å². The molecule has 0 aromatic rings. The predicted octanol–water partition coefficient (Wildman–Crippen LogP) is 1.77. The fourth-order valence-corrected chi connectivity index (χ4v) is 1.08. The third kappa shape index (κ3) is 2.03. The van der Waals surface area contributed by atoms with E-state index in [1.165, 1.54) is 0 Å². The highest BCUT2D eigenvalue weighted by molar-refractivity contribution is 7.89. The predicted molar refractivity (Wildman–Crippen MR) is 33.3 cm³/mol. The zero-order valence-corrected chi connectivity index (χ0v) is 5.74. The van der Waals surface area contributed by atoms with Gasteiger partial charge in [-0.1, -0.05) is 0 Å². The van der Waals surface area contributed by atoms with Gasteiger partial charge in [0.2, 0.25) is 0 Å². The van der Waals surface area contributed by atoms with Crippen LogP contribution in [0.15, 0.2) is 0 Å². The summed E-state index contributed by atoms with van der Waals surface area (Å²) in [4.78, 5) is 0. The molecule has 0 amide bonds. The van der Waals surface area contributed by atoms with Crippen molar-refractivity contribution in [3.8, 4) is 0 Å². The van der Waals surface area contributed by atoms with Crippen molar-refractivity contribution >= 4 is 12.3 Å². The highest BCUT2D eigenvalue weighted by Gasteiger charge is 2.06. The second kappa shape index (κ2) is 3.33. The van der Waals surface area contributed by atoms with Crippen molar-refractivity contribution in [1.29, 1.82) is 0 Å². The highest BCUT2D eigenvalue weighted by Crippen LogP contribution is 2.17. The molecule has 0 saturated carbocycles. The van der Waals surface area contributed by atoms with E-state index in [1.807, 2.05) is 0 Å². The summed E-state index contributed by atoms with van der Waals surface area (Å²) >= 11 is 1.12. The van der Waals surface area contributed by atoms with Crippen molar-refractivity contribution in [3.63, 3.8) is 0 Å². The van der Waals surface area contributed by atoms with E-state index < -0.39 is 0 Å². The van der Waals surface area contributed by atoms with Crippen LogP contribution in [0.4, 0.5) is 0 Å². The van der Waals surface area contributed by atoms with Crippen LogP contribution in [-0.2, 0) is 8.37 Å². The summed E-state index contributed by atoms with van der Waals surface area (Å²) in [6.45, 7) is 2.89. The largest absolute Gasteiger partial charge is 0.291 e. The molecule has 1 aliphatic rings. The summed E-state index contributed by atoms with van der Waals surface area (Å²) < 4.78 is 10.1. The van der Waals surface area contributed by atoms with E-state index in [4.69, 9.17) is 8.37 Å². The standard InChI is InChI=1S/C5H10O2S/c1-5-3-2-4-6-8-7-5/h5H,2-4H2,1H3/t5-/m1/s1. The van der Waals surface area contributed by atoms with E-state index >= 15 is 0 Å². The normalized spacial score (nSPS) is 31.9. The molecule has 0 N–H and O–H groups in total. The molecule has 1 fully saturated rings. The van der Waals surface area contributed by atoms with Crippen LogP contribution in [0.2, 0.25) is 0 Å². The molecule has 0 unspecified atom stereocenters. The Morgan fingerprint density at radius 1 is 1.62 bits per heavy atom. The summed E-state index contributed by atoms with van der Waals surface area (Å²) in [5, 5.41) is 0. The van der Waals surface area contributed by atoms with Crippen molar-refractivity contribution in [2.45, 2.75) is 25.9 Å². The molecule has 1 rings (SSSR count). The molecule has 1 saturated heterocycles. The Hall–Kier alpha value is 0.270. The Labute approximate surface area is 54.0 Å². The van der Waals surface area contributed by atoms with Gasteiger partial charge in [0.15, 0.2) is 12.3 Å². The summed E-state index contributed by atoms with van der Waals surface area (Å²) in [5.74, 6) is 0. The molecule has 2 nitrogen and oxygen atoms in total. The quantitative estimate of drug-likeness (QED) is 0.470. The van der Waals surface area contributed by atoms with Crippen LogP contribution in [-0.4, -0.2) is 12.7 Å². The molecule has 1 aliphatic heterocycles. The lowest BCUT2D eigenvalue weighted by atomic mass is 10.2. The van der Waals surface area contributed by atoms with Crippen LogP contribution < -0.4 is 0 Å². The summed E-state index contributed by atoms with van der Waals surface area (Å²) in [6, 6.07) is 0. The fourth-order valence-electron chi connectivity index (χ4n) is 0.607. The van der Waals surface area contributed by atoms with Gasteiger partial charge in [0.05, 0.1) is 12.7 Å². The Kier molecular flexibility index (Phi) is 2.66. The van der Waals surface area contributed by atoms with Crippen LogP contribution in [0.3, 0.4) is 0 Å². The van der Waals surface area contributed by atoms with Gasteiger partial charge in [-0.2, -0.15) is 0 Å². The van der Waals surface area contributed by atoms with Crippen molar-refractivity contribution in [2.75, 3.05) is 6.61 Å². The topological polar surface area (TPSA) is 18.5 Å². The Morgan fingerprint density at radius 2 is 2.50 bits per heavy atom. The van der Waals surface area contributed by atoms with Gasteiger partial charge in [0, 0.05) is 0 Å². The van der Waals surface area contributed by atoms with Gasteiger partial charge in [0.1, 0.15) is 0 Å². The van der Waals surface area contributed by atoms with Gasteiger partial charge in [-0.25, -0.2) is 0 Å². The van der Waals surface area contributed by atoms with Crippen LogP contribution >= 0.6 is 12.3 Å². The van der Waals surface area contributed by atoms with Gasteiger partial charge in [-0.05, 0) is 19.8 Å². The minimum Gasteiger partial charge on any atom is -0.291 e. The van der Waals surface area contributed by atoms with E-state index in [-0.39, 0.29) is 0 Å². The minimum absolute atomic E-state index is 0.363. The highest BCUT2D eigenvalue weighted by atomic mass is 32.2.